The second-order valence-corrected chi connectivity index (χ2v) is 12.4. The van der Waals surface area contributed by atoms with Crippen LogP contribution < -0.4 is 21.0 Å². The number of hydrogen-bond donors (Lipinski definition) is 3. The van der Waals surface area contributed by atoms with Gasteiger partial charge in [0.2, 0.25) is 0 Å². The number of anilines is 1. The molecule has 1 aromatic carbocycles. The third kappa shape index (κ3) is 7.09. The zero-order valence-corrected chi connectivity index (χ0v) is 23.3. The number of alkyl halides is 3. The monoisotopic (exact) mass is 614 g/mol. The van der Waals surface area contributed by atoms with Crippen molar-refractivity contribution in [1.82, 2.24) is 14.6 Å². The summed E-state index contributed by atoms with van der Waals surface area (Å²) in [6.07, 6.45) is -10.2. The smallest absolute Gasteiger partial charge is 0.351 e. The van der Waals surface area contributed by atoms with E-state index in [1.54, 1.807) is 32.0 Å². The number of halogens is 4. The Balaban J connectivity index is 1.92. The Kier molecular flexibility index (Phi) is 10.0. The molecule has 1 aliphatic rings. The zero-order chi connectivity index (χ0) is 29.1. The number of nitrogens with two attached hydrogens (primary N) is 1. The van der Waals surface area contributed by atoms with Crippen LogP contribution in [-0.2, 0) is 30.6 Å². The number of para-hydroxylation sites is 1. The molecule has 0 spiro atoms. The molecule has 2 aromatic rings. The maximum absolute atomic E-state index is 15.2. The molecular weight excluding hydrogens is 588 g/mol. The van der Waals surface area contributed by atoms with Gasteiger partial charge in [0, 0.05) is 6.20 Å². The summed E-state index contributed by atoms with van der Waals surface area (Å²) in [5.41, 5.74) is 1.29. The third-order valence-electron chi connectivity index (χ3n) is 5.48. The minimum Gasteiger partial charge on any atom is -0.462 e. The number of ether oxygens (including phenoxy) is 2. The highest BCUT2D eigenvalue weighted by Crippen LogP contribution is 2.50. The lowest BCUT2D eigenvalue weighted by Gasteiger charge is -2.34. The maximum atomic E-state index is 15.2. The largest absolute Gasteiger partial charge is 0.462 e. The molecule has 0 saturated carbocycles. The molecule has 6 unspecified atom stereocenters. The minimum absolute atomic E-state index is 0.173. The minimum atomic E-state index is -3.87. The highest BCUT2D eigenvalue weighted by atomic mass is 35.5. The molecule has 1 fully saturated rings. The number of aliphatic hydroxyl groups is 1. The Morgan fingerprint density at radius 1 is 1.36 bits per heavy atom. The third-order valence-corrected chi connectivity index (χ3v) is 8.25. The van der Waals surface area contributed by atoms with Crippen LogP contribution in [0.1, 0.15) is 27.0 Å². The van der Waals surface area contributed by atoms with E-state index in [0.717, 1.165) is 6.20 Å². The number of hydrogen-bond acceptors (Lipinski definition) is 10. The number of nitrogen functional groups attached to an aromatic ring is 1. The summed E-state index contributed by atoms with van der Waals surface area (Å²) < 4.78 is 66.3. The van der Waals surface area contributed by atoms with Crippen LogP contribution in [0.15, 0.2) is 41.3 Å². The fourth-order valence-corrected chi connectivity index (χ4v) is 6.09. The van der Waals surface area contributed by atoms with Crippen molar-refractivity contribution >= 4 is 41.8 Å². The van der Waals surface area contributed by atoms with Gasteiger partial charge in [0.25, 0.3) is 6.43 Å². The first-order valence-corrected chi connectivity index (χ1v) is 14.5. The molecule has 0 bridgehead atoms. The summed E-state index contributed by atoms with van der Waals surface area (Å²) >= 11 is 11.3. The molecule has 1 aromatic heterocycles. The normalized spacial score (nSPS) is 25.4. The first-order chi connectivity index (χ1) is 18.2. The Bertz CT molecular complexity index is 1280. The van der Waals surface area contributed by atoms with E-state index in [4.69, 9.17) is 47.7 Å². The van der Waals surface area contributed by atoms with Crippen LogP contribution in [0.4, 0.5) is 19.0 Å². The SMILES string of the molecule is CC(C)OC(=O)C(C)NP(=S)(OCC1(C(F)F)OC(n2cc(Cl)c(N)nc2=O)C(F)C1O)Oc1ccccc1. The summed E-state index contributed by atoms with van der Waals surface area (Å²) in [6, 6.07) is 6.80. The van der Waals surface area contributed by atoms with Gasteiger partial charge in [-0.1, -0.05) is 29.8 Å². The highest BCUT2D eigenvalue weighted by Gasteiger charge is 2.62. The average Bonchev–Trinajstić information content (AvgIpc) is 3.11. The number of carbonyl (C=O) groups excluding carboxylic acids is 1. The van der Waals surface area contributed by atoms with Crippen LogP contribution >= 0.6 is 18.2 Å². The van der Waals surface area contributed by atoms with E-state index >= 15 is 4.39 Å². The van der Waals surface area contributed by atoms with Gasteiger partial charge in [-0.05, 0) is 44.7 Å². The van der Waals surface area contributed by atoms with Crippen molar-refractivity contribution in [3.05, 3.63) is 52.0 Å². The van der Waals surface area contributed by atoms with Crippen molar-refractivity contribution in [2.45, 2.75) is 63.4 Å². The van der Waals surface area contributed by atoms with E-state index in [1.807, 2.05) is 0 Å². The van der Waals surface area contributed by atoms with Crippen molar-refractivity contribution < 1.29 is 41.6 Å². The van der Waals surface area contributed by atoms with Gasteiger partial charge in [0.05, 0.1) is 17.7 Å². The summed E-state index contributed by atoms with van der Waals surface area (Å²) in [6.45, 7) is -0.424. The average molecular weight is 615 g/mol. The molecule has 1 aliphatic heterocycles. The van der Waals surface area contributed by atoms with E-state index in [-0.39, 0.29) is 16.6 Å². The van der Waals surface area contributed by atoms with Crippen molar-refractivity contribution in [1.29, 1.82) is 0 Å². The molecule has 4 N–H and O–H groups in total. The van der Waals surface area contributed by atoms with E-state index in [0.29, 0.717) is 4.57 Å². The highest BCUT2D eigenvalue weighted by molar-refractivity contribution is 8.09. The first-order valence-electron chi connectivity index (χ1n) is 11.5. The van der Waals surface area contributed by atoms with Gasteiger partial charge in [0.1, 0.15) is 23.7 Å². The van der Waals surface area contributed by atoms with Gasteiger partial charge < -0.3 is 29.4 Å². The summed E-state index contributed by atoms with van der Waals surface area (Å²) in [5, 5.41) is 12.9. The number of nitrogens with zero attached hydrogens (tertiary/aromatic N) is 2. The molecule has 11 nitrogen and oxygen atoms in total. The van der Waals surface area contributed by atoms with Crippen LogP contribution in [0.3, 0.4) is 0 Å². The fourth-order valence-electron chi connectivity index (χ4n) is 3.52. The van der Waals surface area contributed by atoms with Crippen LogP contribution in [0.25, 0.3) is 0 Å². The number of benzene rings is 1. The molecule has 39 heavy (non-hydrogen) atoms. The standard InChI is InChI=1S/C22H27ClF3N4O7PS/c1-11(2)35-19(32)12(3)29-38(39,37-13-7-5-4-6-8-13)34-10-22(20(25)26)16(31)15(24)18(36-22)30-9-14(23)17(27)28-21(30)33/h4-9,11-12,15-16,18,20,31H,10H2,1-3H3,(H,29,39)(H2,27,28,33). The Morgan fingerprint density at radius 2 is 2.00 bits per heavy atom. The molecule has 0 aliphatic carbocycles. The maximum Gasteiger partial charge on any atom is 0.351 e. The molecule has 1 saturated heterocycles. The quantitative estimate of drug-likeness (QED) is 0.253. The number of esters is 1. The van der Waals surface area contributed by atoms with E-state index < -0.39 is 67.6 Å². The zero-order valence-electron chi connectivity index (χ0n) is 20.9. The van der Waals surface area contributed by atoms with Gasteiger partial charge in [-0.15, -0.1) is 0 Å². The second kappa shape index (κ2) is 12.5. The predicted octanol–water partition coefficient (Wildman–Crippen LogP) is 2.96. The Morgan fingerprint density at radius 3 is 2.59 bits per heavy atom. The van der Waals surface area contributed by atoms with E-state index in [2.05, 4.69) is 10.1 Å². The first kappa shape index (κ1) is 31.3. The van der Waals surface area contributed by atoms with Crippen molar-refractivity contribution in [2.24, 2.45) is 0 Å². The van der Waals surface area contributed by atoms with Gasteiger partial charge in [-0.25, -0.2) is 23.1 Å². The molecule has 0 amide bonds. The molecule has 17 heteroatoms. The Hall–Kier alpha value is -2.26. The van der Waals surface area contributed by atoms with Gasteiger partial charge in [-0.2, -0.15) is 4.98 Å². The molecule has 0 radical (unpaired) electrons. The predicted molar refractivity (Wildman–Crippen MR) is 139 cm³/mol. The number of nitrogens with one attached hydrogen (secondary N) is 1. The number of aliphatic hydroxyl groups excluding tert-OH is 1. The lowest BCUT2D eigenvalue weighted by atomic mass is 9.97. The molecule has 2 heterocycles. The molecular formula is C22H27ClF3N4O7PS. The van der Waals surface area contributed by atoms with Crippen LogP contribution in [0, 0.1) is 0 Å². The van der Waals surface area contributed by atoms with Crippen molar-refractivity contribution in [2.75, 3.05) is 12.3 Å². The second-order valence-electron chi connectivity index (χ2n) is 8.83. The topological polar surface area (TPSA) is 147 Å². The van der Waals surface area contributed by atoms with Gasteiger partial charge >= 0.3 is 18.3 Å². The molecule has 6 atom stereocenters. The summed E-state index contributed by atoms with van der Waals surface area (Å²) in [7, 11) is 0. The number of rotatable bonds is 11. The van der Waals surface area contributed by atoms with Crippen LogP contribution in [0.2, 0.25) is 5.02 Å². The van der Waals surface area contributed by atoms with Crippen LogP contribution in [-0.4, -0.2) is 63.7 Å². The summed E-state index contributed by atoms with van der Waals surface area (Å²) in [4.78, 5) is 28.0. The molecule has 216 valence electrons. The number of aromatic nitrogens is 2. The van der Waals surface area contributed by atoms with E-state index in [9.17, 15) is 23.5 Å². The van der Waals surface area contributed by atoms with Crippen molar-refractivity contribution in [3.63, 3.8) is 0 Å². The van der Waals surface area contributed by atoms with Gasteiger partial charge in [0.15, 0.2) is 18.0 Å². The lowest BCUT2D eigenvalue weighted by Crippen LogP contribution is -2.52. The van der Waals surface area contributed by atoms with Crippen LogP contribution in [0.5, 0.6) is 5.75 Å². The van der Waals surface area contributed by atoms with Crippen molar-refractivity contribution in [3.8, 4) is 5.75 Å². The fraction of sp³-hybridized carbons (Fsp3) is 0.500. The Labute approximate surface area is 231 Å². The van der Waals surface area contributed by atoms with Gasteiger partial charge in [-0.3, -0.25) is 9.36 Å². The lowest BCUT2D eigenvalue weighted by molar-refractivity contribution is -0.192. The molecule has 3 rings (SSSR count). The summed E-state index contributed by atoms with van der Waals surface area (Å²) in [5.74, 6) is -0.923. The number of carbonyl (C=O) groups is 1. The van der Waals surface area contributed by atoms with E-state index in [1.165, 1.54) is 19.1 Å².